The van der Waals surface area contributed by atoms with Crippen LogP contribution in [0.25, 0.3) is 11.0 Å². The summed E-state index contributed by atoms with van der Waals surface area (Å²) in [7, 11) is -0.464. The lowest BCUT2D eigenvalue weighted by Gasteiger charge is -2.32. The van der Waals surface area contributed by atoms with Crippen LogP contribution in [-0.2, 0) is 9.31 Å². The number of rotatable bonds is 2. The molecule has 1 aliphatic carbocycles. The van der Waals surface area contributed by atoms with Crippen molar-refractivity contribution in [2.45, 2.75) is 96.3 Å². The van der Waals surface area contributed by atoms with Crippen molar-refractivity contribution in [3.8, 4) is 0 Å². The normalized spacial score (nSPS) is 23.5. The van der Waals surface area contributed by atoms with Gasteiger partial charge in [-0.2, -0.15) is 0 Å². The number of halogens is 1. The van der Waals surface area contributed by atoms with Crippen molar-refractivity contribution in [2.24, 2.45) is 0 Å². The quantitative estimate of drug-likeness (QED) is 0.519. The van der Waals surface area contributed by atoms with Gasteiger partial charge >= 0.3 is 7.12 Å². The molecule has 2 aromatic rings. The topological polar surface area (TPSA) is 49.2 Å². The molecule has 1 saturated carbocycles. The monoisotopic (exact) mass is 403 g/mol. The third-order valence-electron chi connectivity index (χ3n) is 6.82. The first-order chi connectivity index (χ1) is 13.3. The van der Waals surface area contributed by atoms with Gasteiger partial charge in [-0.3, -0.25) is 0 Å². The summed E-state index contributed by atoms with van der Waals surface area (Å²) in [6.07, 6.45) is 13.9. The Morgan fingerprint density at radius 2 is 1.54 bits per heavy atom. The van der Waals surface area contributed by atoms with Gasteiger partial charge in [0.2, 0.25) is 0 Å². The Kier molecular flexibility index (Phi) is 5.49. The number of hydrogen-bond acceptors (Lipinski definition) is 4. The number of nitrogens with zero attached hydrogens (tertiary/aromatic N) is 3. The molecular weight excluding hydrogens is 373 g/mol. The second kappa shape index (κ2) is 7.62. The van der Waals surface area contributed by atoms with Gasteiger partial charge in [0.15, 0.2) is 0 Å². The Balaban J connectivity index is 1.76. The lowest BCUT2D eigenvalue weighted by Crippen LogP contribution is -2.41. The molecule has 0 unspecified atom stereocenters. The van der Waals surface area contributed by atoms with Gasteiger partial charge in [-0.15, -0.1) is 0 Å². The summed E-state index contributed by atoms with van der Waals surface area (Å²) >= 11 is 6.54. The van der Waals surface area contributed by atoms with Crippen LogP contribution in [0.2, 0.25) is 5.15 Å². The molecule has 4 rings (SSSR count). The van der Waals surface area contributed by atoms with E-state index in [4.69, 9.17) is 20.9 Å². The summed E-state index contributed by atoms with van der Waals surface area (Å²) in [5, 5.41) is 1.33. The van der Waals surface area contributed by atoms with Crippen LogP contribution >= 0.6 is 11.6 Å². The maximum Gasteiger partial charge on any atom is 0.497 e. The van der Waals surface area contributed by atoms with E-state index in [0.29, 0.717) is 11.2 Å². The SMILES string of the molecule is CC1(C)OB(c2cn(C3CCCCCCCC3)c3ncnc(Cl)c23)OC1(C)C. The van der Waals surface area contributed by atoms with E-state index in [1.165, 1.54) is 51.4 Å². The Labute approximate surface area is 173 Å². The fourth-order valence-corrected chi connectivity index (χ4v) is 4.63. The van der Waals surface area contributed by atoms with Gasteiger partial charge in [0.25, 0.3) is 0 Å². The highest BCUT2D eigenvalue weighted by Gasteiger charge is 2.52. The molecule has 0 bridgehead atoms. The van der Waals surface area contributed by atoms with E-state index in [-0.39, 0.29) is 0 Å². The van der Waals surface area contributed by atoms with Crippen molar-refractivity contribution in [3.63, 3.8) is 0 Å². The van der Waals surface area contributed by atoms with E-state index in [2.05, 4.69) is 48.4 Å². The lowest BCUT2D eigenvalue weighted by atomic mass is 9.79. The maximum atomic E-state index is 6.54. The smallest absolute Gasteiger partial charge is 0.399 e. The molecule has 0 atom stereocenters. The van der Waals surface area contributed by atoms with Gasteiger partial charge in [-0.05, 0) is 40.5 Å². The van der Waals surface area contributed by atoms with Crippen LogP contribution in [0.3, 0.4) is 0 Å². The van der Waals surface area contributed by atoms with Gasteiger partial charge in [0, 0.05) is 17.7 Å². The average Bonchev–Trinajstić information content (AvgIpc) is 3.14. The Morgan fingerprint density at radius 3 is 2.14 bits per heavy atom. The van der Waals surface area contributed by atoms with Crippen LogP contribution in [0.4, 0.5) is 0 Å². The second-order valence-corrected chi connectivity index (χ2v) is 9.65. The van der Waals surface area contributed by atoms with E-state index >= 15 is 0 Å². The fraction of sp³-hybridized carbons (Fsp3) is 0.714. The zero-order chi connectivity index (χ0) is 19.9. The summed E-state index contributed by atoms with van der Waals surface area (Å²) in [5.74, 6) is 0. The molecule has 1 saturated heterocycles. The van der Waals surface area contributed by atoms with Crippen molar-refractivity contribution in [1.29, 1.82) is 0 Å². The molecule has 0 amide bonds. The van der Waals surface area contributed by atoms with E-state index in [0.717, 1.165) is 16.5 Å². The molecule has 2 fully saturated rings. The van der Waals surface area contributed by atoms with Crippen molar-refractivity contribution in [3.05, 3.63) is 17.7 Å². The standard InChI is InChI=1S/C21H31BClN3O2/c1-20(2)21(3,4)28-22(27-20)16-13-26(19-17(16)18(23)24-14-25-19)15-11-9-7-5-6-8-10-12-15/h13-15H,5-12H2,1-4H3. The third kappa shape index (κ3) is 3.59. The van der Waals surface area contributed by atoms with Crippen molar-refractivity contribution in [1.82, 2.24) is 14.5 Å². The maximum absolute atomic E-state index is 6.54. The van der Waals surface area contributed by atoms with Crippen LogP contribution in [0.5, 0.6) is 0 Å². The largest absolute Gasteiger partial charge is 0.497 e. The minimum atomic E-state index is -0.464. The lowest BCUT2D eigenvalue weighted by molar-refractivity contribution is 0.00578. The molecule has 0 N–H and O–H groups in total. The summed E-state index contributed by atoms with van der Waals surface area (Å²) in [4.78, 5) is 8.86. The molecule has 7 heteroatoms. The predicted octanol–water partition coefficient (Wildman–Crippen LogP) is 5.06. The highest BCUT2D eigenvalue weighted by Crippen LogP contribution is 2.38. The predicted molar refractivity (Wildman–Crippen MR) is 114 cm³/mol. The van der Waals surface area contributed by atoms with E-state index < -0.39 is 18.3 Å². The van der Waals surface area contributed by atoms with Gasteiger partial charge < -0.3 is 13.9 Å². The summed E-state index contributed by atoms with van der Waals surface area (Å²) in [5.41, 5.74) is 1.05. The Morgan fingerprint density at radius 1 is 0.964 bits per heavy atom. The third-order valence-corrected chi connectivity index (χ3v) is 7.10. The molecule has 152 valence electrons. The number of aromatic nitrogens is 3. The van der Waals surface area contributed by atoms with Gasteiger partial charge in [-0.1, -0.05) is 50.1 Å². The van der Waals surface area contributed by atoms with Crippen LogP contribution in [0.15, 0.2) is 12.5 Å². The molecule has 28 heavy (non-hydrogen) atoms. The van der Waals surface area contributed by atoms with Gasteiger partial charge in [0.1, 0.15) is 17.1 Å². The molecule has 0 radical (unpaired) electrons. The van der Waals surface area contributed by atoms with Gasteiger partial charge in [0.05, 0.1) is 16.6 Å². The van der Waals surface area contributed by atoms with Crippen LogP contribution in [-0.4, -0.2) is 32.9 Å². The highest BCUT2D eigenvalue weighted by atomic mass is 35.5. The van der Waals surface area contributed by atoms with Crippen molar-refractivity contribution >= 4 is 35.2 Å². The second-order valence-electron chi connectivity index (χ2n) is 9.30. The van der Waals surface area contributed by atoms with E-state index in [1.807, 2.05) is 0 Å². The zero-order valence-electron chi connectivity index (χ0n) is 17.5. The molecule has 3 heterocycles. The van der Waals surface area contributed by atoms with Gasteiger partial charge in [-0.25, -0.2) is 9.97 Å². The first-order valence-corrected chi connectivity index (χ1v) is 11.0. The first-order valence-electron chi connectivity index (χ1n) is 10.7. The first kappa shape index (κ1) is 20.2. The minimum absolute atomic E-state index is 0.396. The van der Waals surface area contributed by atoms with E-state index in [9.17, 15) is 0 Å². The molecule has 2 aromatic heterocycles. The van der Waals surface area contributed by atoms with Crippen LogP contribution in [0.1, 0.15) is 85.1 Å². The molecule has 2 aliphatic rings. The minimum Gasteiger partial charge on any atom is -0.399 e. The highest BCUT2D eigenvalue weighted by molar-refractivity contribution is 6.66. The number of fused-ring (bicyclic) bond motifs is 1. The van der Waals surface area contributed by atoms with Crippen LogP contribution in [0, 0.1) is 0 Å². The zero-order valence-corrected chi connectivity index (χ0v) is 18.3. The molecular formula is C21H31BClN3O2. The number of hydrogen-bond donors (Lipinski definition) is 0. The summed E-state index contributed by atoms with van der Waals surface area (Å²) < 4.78 is 15.0. The molecule has 1 aliphatic heterocycles. The van der Waals surface area contributed by atoms with E-state index in [1.54, 1.807) is 6.33 Å². The Hall–Kier alpha value is -1.11. The summed E-state index contributed by atoms with van der Waals surface area (Å²) in [6, 6.07) is 0.433. The Bertz CT molecular complexity index is 826. The summed E-state index contributed by atoms with van der Waals surface area (Å²) in [6.45, 7) is 8.29. The molecule has 0 aromatic carbocycles. The van der Waals surface area contributed by atoms with Crippen molar-refractivity contribution in [2.75, 3.05) is 0 Å². The molecule has 5 nitrogen and oxygen atoms in total. The average molecular weight is 404 g/mol. The van der Waals surface area contributed by atoms with Crippen LogP contribution < -0.4 is 5.46 Å². The van der Waals surface area contributed by atoms with Crippen molar-refractivity contribution < 1.29 is 9.31 Å². The fourth-order valence-electron chi connectivity index (χ4n) is 4.39. The molecule has 0 spiro atoms.